The molecule has 2 amide bonds. The Balaban J connectivity index is 1.71. The second kappa shape index (κ2) is 8.89. The number of amides is 2. The SMILES string of the molecule is Cc1ccc(C)c(OC(C)C(=O)Nc2ccccc2C(=O)N2CCOCC2)c1. The van der Waals surface area contributed by atoms with Gasteiger partial charge in [0, 0.05) is 13.1 Å². The first-order chi connectivity index (χ1) is 13.5. The topological polar surface area (TPSA) is 67.9 Å². The average Bonchev–Trinajstić information content (AvgIpc) is 2.71. The van der Waals surface area contributed by atoms with Crippen LogP contribution in [0.4, 0.5) is 5.69 Å². The number of hydrogen-bond donors (Lipinski definition) is 1. The number of nitrogens with zero attached hydrogens (tertiary/aromatic N) is 1. The van der Waals surface area contributed by atoms with Crippen molar-refractivity contribution in [3.63, 3.8) is 0 Å². The fraction of sp³-hybridized carbons (Fsp3) is 0.364. The Hall–Kier alpha value is -2.86. The Morgan fingerprint density at radius 3 is 2.57 bits per heavy atom. The van der Waals surface area contributed by atoms with E-state index < -0.39 is 6.10 Å². The lowest BCUT2D eigenvalue weighted by molar-refractivity contribution is -0.122. The van der Waals surface area contributed by atoms with Crippen LogP contribution in [0.2, 0.25) is 0 Å². The van der Waals surface area contributed by atoms with E-state index in [0.29, 0.717) is 43.3 Å². The quantitative estimate of drug-likeness (QED) is 0.862. The molecule has 1 N–H and O–H groups in total. The number of benzene rings is 2. The van der Waals surface area contributed by atoms with Crippen LogP contribution >= 0.6 is 0 Å². The van der Waals surface area contributed by atoms with E-state index in [9.17, 15) is 9.59 Å². The standard InChI is InChI=1S/C22H26N2O4/c1-15-8-9-16(2)20(14-15)28-17(3)21(25)23-19-7-5-4-6-18(19)22(26)24-10-12-27-13-11-24/h4-9,14,17H,10-13H2,1-3H3,(H,23,25). The molecule has 0 radical (unpaired) electrons. The molecule has 6 nitrogen and oxygen atoms in total. The lowest BCUT2D eigenvalue weighted by Crippen LogP contribution is -2.41. The lowest BCUT2D eigenvalue weighted by Gasteiger charge is -2.27. The molecule has 0 bridgehead atoms. The number of carbonyl (C=O) groups is 2. The van der Waals surface area contributed by atoms with Gasteiger partial charge in [-0.25, -0.2) is 0 Å². The van der Waals surface area contributed by atoms with Gasteiger partial charge in [0.1, 0.15) is 5.75 Å². The van der Waals surface area contributed by atoms with E-state index in [1.54, 1.807) is 36.1 Å². The third kappa shape index (κ3) is 4.70. The van der Waals surface area contributed by atoms with E-state index >= 15 is 0 Å². The van der Waals surface area contributed by atoms with Gasteiger partial charge in [0.2, 0.25) is 0 Å². The van der Waals surface area contributed by atoms with Crippen LogP contribution < -0.4 is 10.1 Å². The predicted molar refractivity (Wildman–Crippen MR) is 108 cm³/mol. The molecule has 148 valence electrons. The van der Waals surface area contributed by atoms with Crippen molar-refractivity contribution in [1.29, 1.82) is 0 Å². The highest BCUT2D eigenvalue weighted by Crippen LogP contribution is 2.22. The summed E-state index contributed by atoms with van der Waals surface area (Å²) in [5.74, 6) is 0.269. The number of nitrogens with one attached hydrogen (secondary N) is 1. The zero-order chi connectivity index (χ0) is 20.1. The van der Waals surface area contributed by atoms with Crippen molar-refractivity contribution in [3.8, 4) is 5.75 Å². The van der Waals surface area contributed by atoms with Crippen molar-refractivity contribution in [1.82, 2.24) is 4.90 Å². The molecule has 2 aromatic carbocycles. The normalized spacial score (nSPS) is 15.0. The number of rotatable bonds is 5. The van der Waals surface area contributed by atoms with E-state index in [2.05, 4.69) is 5.32 Å². The number of morpholine rings is 1. The fourth-order valence-corrected chi connectivity index (χ4v) is 3.03. The van der Waals surface area contributed by atoms with E-state index in [1.165, 1.54) is 0 Å². The summed E-state index contributed by atoms with van der Waals surface area (Å²) < 4.78 is 11.2. The van der Waals surface area contributed by atoms with E-state index in [4.69, 9.17) is 9.47 Å². The number of carbonyl (C=O) groups excluding carboxylic acids is 2. The first-order valence-electron chi connectivity index (χ1n) is 9.46. The number of hydrogen-bond acceptors (Lipinski definition) is 4. The predicted octanol–water partition coefficient (Wildman–Crippen LogP) is 3.18. The molecule has 1 aliphatic heterocycles. The summed E-state index contributed by atoms with van der Waals surface area (Å²) in [6, 6.07) is 12.9. The average molecular weight is 382 g/mol. The molecule has 1 saturated heterocycles. The van der Waals surface area contributed by atoms with Gasteiger partial charge in [0.15, 0.2) is 6.10 Å². The minimum atomic E-state index is -0.702. The monoisotopic (exact) mass is 382 g/mol. The highest BCUT2D eigenvalue weighted by atomic mass is 16.5. The maximum absolute atomic E-state index is 12.8. The molecular weight excluding hydrogens is 356 g/mol. The molecule has 0 saturated carbocycles. The van der Waals surface area contributed by atoms with Gasteiger partial charge < -0.3 is 19.7 Å². The largest absolute Gasteiger partial charge is 0.481 e. The molecule has 2 aromatic rings. The Morgan fingerprint density at radius 1 is 1.11 bits per heavy atom. The molecule has 1 unspecified atom stereocenters. The smallest absolute Gasteiger partial charge is 0.265 e. The zero-order valence-corrected chi connectivity index (χ0v) is 16.5. The third-order valence-corrected chi connectivity index (χ3v) is 4.73. The van der Waals surface area contributed by atoms with Gasteiger partial charge in [0.25, 0.3) is 11.8 Å². The third-order valence-electron chi connectivity index (χ3n) is 4.73. The van der Waals surface area contributed by atoms with Crippen LogP contribution in [0.15, 0.2) is 42.5 Å². The van der Waals surface area contributed by atoms with Crippen LogP contribution in [0.25, 0.3) is 0 Å². The van der Waals surface area contributed by atoms with Crippen molar-refractivity contribution >= 4 is 17.5 Å². The van der Waals surface area contributed by atoms with Gasteiger partial charge in [-0.15, -0.1) is 0 Å². The van der Waals surface area contributed by atoms with Crippen LogP contribution in [0, 0.1) is 13.8 Å². The van der Waals surface area contributed by atoms with Crippen LogP contribution in [-0.2, 0) is 9.53 Å². The summed E-state index contributed by atoms with van der Waals surface area (Å²) in [5, 5.41) is 2.84. The fourth-order valence-electron chi connectivity index (χ4n) is 3.03. The Bertz CT molecular complexity index is 859. The highest BCUT2D eigenvalue weighted by Gasteiger charge is 2.23. The first kappa shape index (κ1) is 19.9. The zero-order valence-electron chi connectivity index (χ0n) is 16.5. The molecule has 1 heterocycles. The number of para-hydroxylation sites is 1. The van der Waals surface area contributed by atoms with Crippen molar-refractivity contribution in [3.05, 3.63) is 59.2 Å². The second-order valence-corrected chi connectivity index (χ2v) is 6.97. The van der Waals surface area contributed by atoms with Crippen LogP contribution in [0.1, 0.15) is 28.4 Å². The number of aryl methyl sites for hydroxylation is 2. The summed E-state index contributed by atoms with van der Waals surface area (Å²) >= 11 is 0. The minimum Gasteiger partial charge on any atom is -0.481 e. The molecule has 28 heavy (non-hydrogen) atoms. The first-order valence-corrected chi connectivity index (χ1v) is 9.46. The maximum atomic E-state index is 12.8. The second-order valence-electron chi connectivity index (χ2n) is 6.97. The van der Waals surface area contributed by atoms with Gasteiger partial charge in [0.05, 0.1) is 24.5 Å². The Kier molecular flexibility index (Phi) is 6.31. The van der Waals surface area contributed by atoms with Gasteiger partial charge in [-0.3, -0.25) is 9.59 Å². The highest BCUT2D eigenvalue weighted by molar-refractivity contribution is 6.04. The molecule has 0 aromatic heterocycles. The van der Waals surface area contributed by atoms with Crippen LogP contribution in [-0.4, -0.2) is 49.1 Å². The van der Waals surface area contributed by atoms with Crippen molar-refractivity contribution < 1.29 is 19.1 Å². The maximum Gasteiger partial charge on any atom is 0.265 e. The molecule has 3 rings (SSSR count). The summed E-state index contributed by atoms with van der Waals surface area (Å²) in [5.41, 5.74) is 2.99. The molecule has 6 heteroatoms. The molecule has 1 atom stereocenters. The summed E-state index contributed by atoms with van der Waals surface area (Å²) in [6.07, 6.45) is -0.702. The summed E-state index contributed by atoms with van der Waals surface area (Å²) in [4.78, 5) is 27.3. The van der Waals surface area contributed by atoms with E-state index in [0.717, 1.165) is 11.1 Å². The van der Waals surface area contributed by atoms with Crippen molar-refractivity contribution in [2.24, 2.45) is 0 Å². The van der Waals surface area contributed by atoms with Gasteiger partial charge in [-0.05, 0) is 50.1 Å². The minimum absolute atomic E-state index is 0.109. The van der Waals surface area contributed by atoms with Gasteiger partial charge in [-0.1, -0.05) is 24.3 Å². The van der Waals surface area contributed by atoms with Gasteiger partial charge >= 0.3 is 0 Å². The molecule has 1 fully saturated rings. The molecule has 0 aliphatic carbocycles. The molecule has 0 spiro atoms. The molecular formula is C22H26N2O4. The van der Waals surface area contributed by atoms with E-state index in [1.807, 2.05) is 32.0 Å². The van der Waals surface area contributed by atoms with Gasteiger partial charge in [-0.2, -0.15) is 0 Å². The van der Waals surface area contributed by atoms with Crippen molar-refractivity contribution in [2.45, 2.75) is 26.9 Å². The van der Waals surface area contributed by atoms with E-state index in [-0.39, 0.29) is 11.8 Å². The molecule has 1 aliphatic rings. The Morgan fingerprint density at radius 2 is 1.82 bits per heavy atom. The lowest BCUT2D eigenvalue weighted by atomic mass is 10.1. The number of ether oxygens (including phenoxy) is 2. The summed E-state index contributed by atoms with van der Waals surface area (Å²) in [6.45, 7) is 7.77. The Labute approximate surface area is 165 Å². The van der Waals surface area contributed by atoms with Crippen LogP contribution in [0.3, 0.4) is 0 Å². The number of anilines is 1. The summed E-state index contributed by atoms with van der Waals surface area (Å²) in [7, 11) is 0. The van der Waals surface area contributed by atoms with Crippen molar-refractivity contribution in [2.75, 3.05) is 31.6 Å². The van der Waals surface area contributed by atoms with Crippen LogP contribution in [0.5, 0.6) is 5.75 Å².